The Morgan fingerprint density at radius 3 is 2.68 bits per heavy atom. The van der Waals surface area contributed by atoms with Gasteiger partial charge in [0.15, 0.2) is 5.82 Å². The van der Waals surface area contributed by atoms with Gasteiger partial charge in [0.05, 0.1) is 13.3 Å². The molecule has 4 rings (SSSR count). The summed E-state index contributed by atoms with van der Waals surface area (Å²) in [5.41, 5.74) is 1.92. The number of carbonyl (C=O) groups excluding carboxylic acids is 1. The molecule has 7 nitrogen and oxygen atoms in total. The van der Waals surface area contributed by atoms with Crippen LogP contribution in [0.4, 0.5) is 17.5 Å². The highest BCUT2D eigenvalue weighted by atomic mass is 16.5. The van der Waals surface area contributed by atoms with E-state index >= 15 is 0 Å². The number of methoxy groups -OCH3 is 1. The topological polar surface area (TPSA) is 70.6 Å². The molecule has 28 heavy (non-hydrogen) atoms. The first-order valence-electron chi connectivity index (χ1n) is 9.93. The zero-order valence-electron chi connectivity index (χ0n) is 16.5. The number of benzene rings is 1. The number of carbonyl (C=O) groups is 1. The van der Waals surface area contributed by atoms with Gasteiger partial charge in [-0.1, -0.05) is 25.0 Å². The summed E-state index contributed by atoms with van der Waals surface area (Å²) in [6.45, 7) is 1.34. The van der Waals surface area contributed by atoms with Crippen LogP contribution < -0.4 is 19.9 Å². The van der Waals surface area contributed by atoms with E-state index < -0.39 is 0 Å². The van der Waals surface area contributed by atoms with E-state index in [0.29, 0.717) is 25.0 Å². The molecule has 0 saturated heterocycles. The lowest BCUT2D eigenvalue weighted by atomic mass is 10.2. The molecule has 1 aromatic carbocycles. The van der Waals surface area contributed by atoms with Crippen LogP contribution in [-0.2, 0) is 11.3 Å². The molecule has 148 valence electrons. The minimum absolute atomic E-state index is 0.115. The second kappa shape index (κ2) is 8.04. The second-order valence-corrected chi connectivity index (χ2v) is 7.44. The van der Waals surface area contributed by atoms with Gasteiger partial charge in [-0.2, -0.15) is 4.98 Å². The molecule has 0 spiro atoms. The Morgan fingerprint density at radius 1 is 1.21 bits per heavy atom. The molecule has 1 aliphatic heterocycles. The van der Waals surface area contributed by atoms with Crippen molar-refractivity contribution < 1.29 is 9.53 Å². The van der Waals surface area contributed by atoms with Crippen molar-refractivity contribution in [1.82, 2.24) is 9.97 Å². The fourth-order valence-electron chi connectivity index (χ4n) is 4.02. The van der Waals surface area contributed by atoms with E-state index in [2.05, 4.69) is 15.2 Å². The van der Waals surface area contributed by atoms with Gasteiger partial charge in [0, 0.05) is 32.6 Å². The van der Waals surface area contributed by atoms with Gasteiger partial charge in [-0.15, -0.1) is 0 Å². The molecular formula is C21H27N5O2. The number of aromatic nitrogens is 2. The Labute approximate surface area is 165 Å². The molecule has 1 aliphatic carbocycles. The number of rotatable bonds is 5. The van der Waals surface area contributed by atoms with Crippen molar-refractivity contribution in [3.05, 3.63) is 36.0 Å². The summed E-state index contributed by atoms with van der Waals surface area (Å²) in [6, 6.07) is 8.38. The van der Waals surface area contributed by atoms with Gasteiger partial charge in [-0.25, -0.2) is 4.98 Å². The molecule has 2 heterocycles. The van der Waals surface area contributed by atoms with Crippen LogP contribution in [0.1, 0.15) is 37.7 Å². The quantitative estimate of drug-likeness (QED) is 0.858. The molecular weight excluding hydrogens is 354 g/mol. The molecule has 2 aromatic rings. The first-order chi connectivity index (χ1) is 13.7. The fraction of sp³-hybridized carbons (Fsp3) is 0.476. The number of hydrogen-bond acceptors (Lipinski definition) is 6. The predicted octanol–water partition coefficient (Wildman–Crippen LogP) is 3.21. The summed E-state index contributed by atoms with van der Waals surface area (Å²) < 4.78 is 5.20. The van der Waals surface area contributed by atoms with E-state index in [0.717, 1.165) is 42.2 Å². The minimum Gasteiger partial charge on any atom is -0.497 e. The maximum Gasteiger partial charge on any atom is 0.228 e. The molecule has 1 saturated carbocycles. The van der Waals surface area contributed by atoms with Crippen LogP contribution in [0.15, 0.2) is 30.5 Å². The highest BCUT2D eigenvalue weighted by molar-refractivity contribution is 5.97. The van der Waals surface area contributed by atoms with Crippen molar-refractivity contribution in [2.75, 3.05) is 35.8 Å². The summed E-state index contributed by atoms with van der Waals surface area (Å²) in [5.74, 6) is 2.40. The Hall–Kier alpha value is -2.83. The molecule has 1 amide bonds. The normalized spacial score (nSPS) is 17.4. The number of anilines is 3. The van der Waals surface area contributed by atoms with Crippen molar-refractivity contribution in [1.29, 1.82) is 0 Å². The zero-order chi connectivity index (χ0) is 19.5. The number of nitrogens with zero attached hydrogens (tertiary/aromatic N) is 4. The molecule has 1 fully saturated rings. The largest absolute Gasteiger partial charge is 0.497 e. The van der Waals surface area contributed by atoms with E-state index in [1.54, 1.807) is 18.2 Å². The lowest BCUT2D eigenvalue weighted by Crippen LogP contribution is -2.34. The zero-order valence-corrected chi connectivity index (χ0v) is 16.5. The number of fused-ring (bicyclic) bond motifs is 1. The van der Waals surface area contributed by atoms with Gasteiger partial charge in [-0.3, -0.25) is 4.79 Å². The monoisotopic (exact) mass is 381 g/mol. The number of amides is 1. The highest BCUT2D eigenvalue weighted by Gasteiger charge is 2.31. The van der Waals surface area contributed by atoms with Crippen molar-refractivity contribution in [2.45, 2.75) is 44.7 Å². The summed E-state index contributed by atoms with van der Waals surface area (Å²) in [7, 11) is 3.47. The third kappa shape index (κ3) is 3.74. The maximum atomic E-state index is 12.4. The molecule has 0 radical (unpaired) electrons. The Bertz CT molecular complexity index is 833. The first-order valence-corrected chi connectivity index (χ1v) is 9.93. The molecule has 0 bridgehead atoms. The SMILES string of the molecule is COc1ccc(CNc2ncc3c(n2)N(C2CCCC2)CCC(=O)N3C)cc1. The lowest BCUT2D eigenvalue weighted by molar-refractivity contribution is -0.118. The number of nitrogens with one attached hydrogen (secondary N) is 1. The van der Waals surface area contributed by atoms with Crippen LogP contribution in [0.2, 0.25) is 0 Å². The first kappa shape index (κ1) is 18.5. The number of ether oxygens (including phenoxy) is 1. The standard InChI is InChI=1S/C21H27N5O2/c1-25-18-14-23-21(22-13-15-7-9-17(28-2)10-8-15)24-20(18)26(12-11-19(25)27)16-5-3-4-6-16/h7-10,14,16H,3-6,11-13H2,1-2H3,(H,22,23,24). The average Bonchev–Trinajstić information content (AvgIpc) is 3.23. The van der Waals surface area contributed by atoms with E-state index in [-0.39, 0.29) is 5.91 Å². The predicted molar refractivity (Wildman–Crippen MR) is 110 cm³/mol. The van der Waals surface area contributed by atoms with Crippen molar-refractivity contribution in [3.8, 4) is 5.75 Å². The van der Waals surface area contributed by atoms with Crippen molar-refractivity contribution in [2.24, 2.45) is 0 Å². The summed E-state index contributed by atoms with van der Waals surface area (Å²) in [4.78, 5) is 25.7. The van der Waals surface area contributed by atoms with Crippen molar-refractivity contribution >= 4 is 23.4 Å². The van der Waals surface area contributed by atoms with Gasteiger partial charge in [0.25, 0.3) is 0 Å². The van der Waals surface area contributed by atoms with Crippen LogP contribution in [0.25, 0.3) is 0 Å². The highest BCUT2D eigenvalue weighted by Crippen LogP contribution is 2.35. The minimum atomic E-state index is 0.115. The summed E-state index contributed by atoms with van der Waals surface area (Å²) in [6.07, 6.45) is 7.09. The fourth-order valence-corrected chi connectivity index (χ4v) is 4.02. The van der Waals surface area contributed by atoms with Crippen LogP contribution in [0.5, 0.6) is 5.75 Å². The van der Waals surface area contributed by atoms with Crippen LogP contribution >= 0.6 is 0 Å². The Balaban J connectivity index is 1.57. The molecule has 1 aromatic heterocycles. The van der Waals surface area contributed by atoms with Gasteiger partial charge in [0.1, 0.15) is 11.4 Å². The lowest BCUT2D eigenvalue weighted by Gasteiger charge is -2.30. The Kier molecular flexibility index (Phi) is 5.32. The Morgan fingerprint density at radius 2 is 1.96 bits per heavy atom. The van der Waals surface area contributed by atoms with Gasteiger partial charge in [0.2, 0.25) is 11.9 Å². The van der Waals surface area contributed by atoms with E-state index in [4.69, 9.17) is 9.72 Å². The van der Waals surface area contributed by atoms with E-state index in [9.17, 15) is 4.79 Å². The maximum absolute atomic E-state index is 12.4. The average molecular weight is 381 g/mol. The molecule has 1 N–H and O–H groups in total. The molecule has 0 atom stereocenters. The van der Waals surface area contributed by atoms with Crippen LogP contribution in [-0.4, -0.2) is 42.6 Å². The molecule has 0 unspecified atom stereocenters. The summed E-state index contributed by atoms with van der Waals surface area (Å²) >= 11 is 0. The third-order valence-corrected chi connectivity index (χ3v) is 5.70. The van der Waals surface area contributed by atoms with Crippen LogP contribution in [0, 0.1) is 0 Å². The third-order valence-electron chi connectivity index (χ3n) is 5.70. The smallest absolute Gasteiger partial charge is 0.228 e. The molecule has 2 aliphatic rings. The van der Waals surface area contributed by atoms with Gasteiger partial charge >= 0.3 is 0 Å². The second-order valence-electron chi connectivity index (χ2n) is 7.44. The summed E-state index contributed by atoms with van der Waals surface area (Å²) in [5, 5.41) is 3.31. The van der Waals surface area contributed by atoms with Crippen LogP contribution in [0.3, 0.4) is 0 Å². The number of hydrogen-bond donors (Lipinski definition) is 1. The van der Waals surface area contributed by atoms with E-state index in [1.807, 2.05) is 31.3 Å². The van der Waals surface area contributed by atoms with Gasteiger partial charge in [-0.05, 0) is 30.5 Å². The van der Waals surface area contributed by atoms with Crippen molar-refractivity contribution in [3.63, 3.8) is 0 Å². The van der Waals surface area contributed by atoms with Gasteiger partial charge < -0.3 is 19.9 Å². The van der Waals surface area contributed by atoms with E-state index in [1.165, 1.54) is 12.8 Å². The molecule has 7 heteroatoms.